The quantitative estimate of drug-likeness (QED) is 0.609. The second-order valence-corrected chi connectivity index (χ2v) is 7.18. The molecule has 4 heteroatoms. The molecule has 1 atom stereocenters. The topological polar surface area (TPSA) is 12.0 Å². The Morgan fingerprint density at radius 1 is 1.10 bits per heavy atom. The Labute approximate surface area is 148 Å². The Hall–Kier alpha value is -0.350. The van der Waals surface area contributed by atoms with Gasteiger partial charge < -0.3 is 5.32 Å². The molecule has 0 aromatic heterocycles. The van der Waals surface area contributed by atoms with Gasteiger partial charge in [-0.2, -0.15) is 0 Å². The Kier molecular flexibility index (Phi) is 5.89. The van der Waals surface area contributed by atoms with Crippen molar-refractivity contribution in [3.05, 3.63) is 66.6 Å². The SMILES string of the molecule is CCNC(c1cc(Br)c(C)cc1Br)c1cccc(Cl)c1C. The van der Waals surface area contributed by atoms with Crippen molar-refractivity contribution < 1.29 is 0 Å². The number of aryl methyl sites for hydroxylation is 1. The number of rotatable bonds is 4. The zero-order valence-corrected chi connectivity index (χ0v) is 16.2. The van der Waals surface area contributed by atoms with E-state index in [4.69, 9.17) is 11.6 Å². The molecule has 0 fully saturated rings. The third-order valence-corrected chi connectivity index (χ3v) is 5.57. The van der Waals surface area contributed by atoms with Crippen LogP contribution in [0.1, 0.15) is 35.2 Å². The van der Waals surface area contributed by atoms with Crippen LogP contribution in [0.25, 0.3) is 0 Å². The average Bonchev–Trinajstić information content (AvgIpc) is 2.44. The molecule has 0 radical (unpaired) electrons. The second-order valence-electron chi connectivity index (χ2n) is 5.07. The van der Waals surface area contributed by atoms with Gasteiger partial charge in [0.15, 0.2) is 0 Å². The monoisotopic (exact) mass is 429 g/mol. The van der Waals surface area contributed by atoms with E-state index in [1.54, 1.807) is 0 Å². The predicted octanol–water partition coefficient (Wildman–Crippen LogP) is 6.18. The summed E-state index contributed by atoms with van der Waals surface area (Å²) >= 11 is 13.6. The van der Waals surface area contributed by atoms with Gasteiger partial charge in [0.05, 0.1) is 6.04 Å². The van der Waals surface area contributed by atoms with Crippen LogP contribution in [-0.4, -0.2) is 6.54 Å². The standard InChI is InChI=1S/C17H18Br2ClN/c1-4-21-17(12-6-5-7-16(20)11(12)3)13-9-14(18)10(2)8-15(13)19/h5-9,17,21H,4H2,1-3H3. The molecule has 0 amide bonds. The van der Waals surface area contributed by atoms with Crippen LogP contribution < -0.4 is 5.32 Å². The summed E-state index contributed by atoms with van der Waals surface area (Å²) in [5.41, 5.74) is 4.75. The van der Waals surface area contributed by atoms with Gasteiger partial charge in [-0.1, -0.05) is 62.5 Å². The third-order valence-electron chi connectivity index (χ3n) is 3.62. The van der Waals surface area contributed by atoms with E-state index in [0.29, 0.717) is 0 Å². The number of hydrogen-bond donors (Lipinski definition) is 1. The van der Waals surface area contributed by atoms with Gasteiger partial charge in [-0.05, 0) is 60.8 Å². The highest BCUT2D eigenvalue weighted by molar-refractivity contribution is 9.11. The fraction of sp³-hybridized carbons (Fsp3) is 0.294. The van der Waals surface area contributed by atoms with Gasteiger partial charge in [0.1, 0.15) is 0 Å². The first-order chi connectivity index (χ1) is 9.95. The van der Waals surface area contributed by atoms with E-state index < -0.39 is 0 Å². The van der Waals surface area contributed by atoms with Gasteiger partial charge in [0.25, 0.3) is 0 Å². The maximum absolute atomic E-state index is 6.29. The molecular formula is C17H18Br2ClN. The van der Waals surface area contributed by atoms with E-state index in [1.165, 1.54) is 16.7 Å². The fourth-order valence-corrected chi connectivity index (χ4v) is 3.64. The molecule has 0 heterocycles. The van der Waals surface area contributed by atoms with Crippen molar-refractivity contribution in [2.75, 3.05) is 6.54 Å². The van der Waals surface area contributed by atoms with Crippen molar-refractivity contribution in [1.29, 1.82) is 0 Å². The highest BCUT2D eigenvalue weighted by atomic mass is 79.9. The fourth-order valence-electron chi connectivity index (χ4n) is 2.41. The predicted molar refractivity (Wildman–Crippen MR) is 98.3 cm³/mol. The van der Waals surface area contributed by atoms with Gasteiger partial charge in [0.2, 0.25) is 0 Å². The molecule has 2 aromatic rings. The van der Waals surface area contributed by atoms with Gasteiger partial charge in [-0.25, -0.2) is 0 Å². The van der Waals surface area contributed by atoms with E-state index >= 15 is 0 Å². The first-order valence-electron chi connectivity index (χ1n) is 6.89. The number of nitrogens with one attached hydrogen (secondary N) is 1. The molecule has 0 bridgehead atoms. The molecule has 1 nitrogen and oxygen atoms in total. The van der Waals surface area contributed by atoms with Gasteiger partial charge >= 0.3 is 0 Å². The van der Waals surface area contributed by atoms with Crippen molar-refractivity contribution >= 4 is 43.5 Å². The van der Waals surface area contributed by atoms with Crippen LogP contribution in [0.2, 0.25) is 5.02 Å². The molecule has 2 aromatic carbocycles. The summed E-state index contributed by atoms with van der Waals surface area (Å²) < 4.78 is 2.22. The van der Waals surface area contributed by atoms with Crippen LogP contribution in [-0.2, 0) is 0 Å². The van der Waals surface area contributed by atoms with Crippen LogP contribution in [0, 0.1) is 13.8 Å². The molecule has 1 N–H and O–H groups in total. The molecule has 112 valence electrons. The lowest BCUT2D eigenvalue weighted by atomic mass is 9.94. The van der Waals surface area contributed by atoms with Crippen molar-refractivity contribution in [3.8, 4) is 0 Å². The van der Waals surface area contributed by atoms with Gasteiger partial charge in [-0.15, -0.1) is 0 Å². The van der Waals surface area contributed by atoms with Crippen molar-refractivity contribution in [2.24, 2.45) is 0 Å². The second kappa shape index (κ2) is 7.28. The lowest BCUT2D eigenvalue weighted by molar-refractivity contribution is 0.625. The minimum Gasteiger partial charge on any atom is -0.306 e. The molecule has 2 rings (SSSR count). The maximum Gasteiger partial charge on any atom is 0.0591 e. The molecule has 0 saturated carbocycles. The average molecular weight is 432 g/mol. The van der Waals surface area contributed by atoms with Crippen LogP contribution in [0.5, 0.6) is 0 Å². The Bertz CT molecular complexity index is 655. The van der Waals surface area contributed by atoms with E-state index in [2.05, 4.69) is 76.1 Å². The Morgan fingerprint density at radius 2 is 1.81 bits per heavy atom. The van der Waals surface area contributed by atoms with Crippen LogP contribution in [0.4, 0.5) is 0 Å². The van der Waals surface area contributed by atoms with Crippen LogP contribution >= 0.6 is 43.5 Å². The first kappa shape index (κ1) is 17.0. The summed E-state index contributed by atoms with van der Waals surface area (Å²) in [5.74, 6) is 0. The Balaban J connectivity index is 2.59. The number of benzene rings is 2. The van der Waals surface area contributed by atoms with Crippen molar-refractivity contribution in [3.63, 3.8) is 0 Å². The van der Waals surface area contributed by atoms with E-state index in [-0.39, 0.29) is 6.04 Å². The highest BCUT2D eigenvalue weighted by Gasteiger charge is 2.19. The summed E-state index contributed by atoms with van der Waals surface area (Å²) in [6.45, 7) is 7.16. The number of halogens is 3. The van der Waals surface area contributed by atoms with Crippen LogP contribution in [0.3, 0.4) is 0 Å². The molecule has 21 heavy (non-hydrogen) atoms. The zero-order chi connectivity index (χ0) is 15.6. The summed E-state index contributed by atoms with van der Waals surface area (Å²) in [6.07, 6.45) is 0. The largest absolute Gasteiger partial charge is 0.306 e. The minimum absolute atomic E-state index is 0.111. The van der Waals surface area contributed by atoms with E-state index in [9.17, 15) is 0 Å². The molecule has 0 saturated heterocycles. The van der Waals surface area contributed by atoms with Crippen molar-refractivity contribution in [2.45, 2.75) is 26.8 Å². The zero-order valence-electron chi connectivity index (χ0n) is 12.3. The first-order valence-corrected chi connectivity index (χ1v) is 8.86. The third kappa shape index (κ3) is 3.70. The lowest BCUT2D eigenvalue weighted by Gasteiger charge is -2.23. The van der Waals surface area contributed by atoms with Crippen LogP contribution in [0.15, 0.2) is 39.3 Å². The summed E-state index contributed by atoms with van der Waals surface area (Å²) in [4.78, 5) is 0. The molecule has 0 aliphatic heterocycles. The molecule has 0 aliphatic rings. The maximum atomic E-state index is 6.29. The molecule has 0 spiro atoms. The number of hydrogen-bond acceptors (Lipinski definition) is 1. The summed E-state index contributed by atoms with van der Waals surface area (Å²) in [7, 11) is 0. The van der Waals surface area contributed by atoms with Crippen molar-refractivity contribution in [1.82, 2.24) is 5.32 Å². The lowest BCUT2D eigenvalue weighted by Crippen LogP contribution is -2.23. The van der Waals surface area contributed by atoms with Gasteiger partial charge in [-0.3, -0.25) is 0 Å². The molecule has 0 aliphatic carbocycles. The summed E-state index contributed by atoms with van der Waals surface area (Å²) in [6, 6.07) is 10.5. The Morgan fingerprint density at radius 3 is 2.48 bits per heavy atom. The highest BCUT2D eigenvalue weighted by Crippen LogP contribution is 2.35. The summed E-state index contributed by atoms with van der Waals surface area (Å²) in [5, 5.41) is 4.36. The molecule has 1 unspecified atom stereocenters. The normalized spacial score (nSPS) is 12.5. The smallest absolute Gasteiger partial charge is 0.0591 e. The van der Waals surface area contributed by atoms with E-state index in [0.717, 1.165) is 26.1 Å². The van der Waals surface area contributed by atoms with Gasteiger partial charge in [0, 0.05) is 14.0 Å². The molecular weight excluding hydrogens is 413 g/mol. The minimum atomic E-state index is 0.111. The van der Waals surface area contributed by atoms with E-state index in [1.807, 2.05) is 12.1 Å².